The van der Waals surface area contributed by atoms with Crippen molar-refractivity contribution in [1.29, 1.82) is 0 Å². The van der Waals surface area contributed by atoms with Gasteiger partial charge in [-0.15, -0.1) is 0 Å². The van der Waals surface area contributed by atoms with Gasteiger partial charge in [-0.2, -0.15) is 0 Å². The van der Waals surface area contributed by atoms with Crippen molar-refractivity contribution in [2.75, 3.05) is 54.1 Å². The topological polar surface area (TPSA) is 94.1 Å². The van der Waals surface area contributed by atoms with Crippen LogP contribution in [-0.2, 0) is 27.9 Å². The van der Waals surface area contributed by atoms with E-state index in [2.05, 4.69) is 123 Å². The summed E-state index contributed by atoms with van der Waals surface area (Å²) in [6, 6.07) is 0. The number of carbonyl (C=O) groups is 1. The fourth-order valence-corrected chi connectivity index (χ4v) is 6.77. The van der Waals surface area contributed by atoms with E-state index < -0.39 is 13.9 Å². The molecule has 0 spiro atoms. The Bertz CT molecular complexity index is 1370. The molecule has 0 aromatic heterocycles. The molecule has 2 atom stereocenters. The second-order valence-electron chi connectivity index (χ2n) is 17.1. The molecular formula is C54H92NO7P. The van der Waals surface area contributed by atoms with Crippen LogP contribution in [0.1, 0.15) is 168 Å². The van der Waals surface area contributed by atoms with Gasteiger partial charge in [0.25, 0.3) is 7.82 Å². The van der Waals surface area contributed by atoms with Gasteiger partial charge in [-0.1, -0.05) is 175 Å². The highest BCUT2D eigenvalue weighted by Crippen LogP contribution is 2.38. The monoisotopic (exact) mass is 898 g/mol. The number of rotatable bonds is 44. The number of hydrogen-bond acceptors (Lipinski definition) is 7. The maximum absolute atomic E-state index is 12.7. The first-order chi connectivity index (χ1) is 30.6. The smallest absolute Gasteiger partial charge is 0.306 e. The second kappa shape index (κ2) is 45.7. The van der Waals surface area contributed by atoms with Crippen LogP contribution in [0.2, 0.25) is 0 Å². The lowest BCUT2D eigenvalue weighted by molar-refractivity contribution is -0.870. The number of esters is 1. The minimum atomic E-state index is -4.56. The molecule has 9 heteroatoms. The molecule has 0 aromatic carbocycles. The predicted molar refractivity (Wildman–Crippen MR) is 268 cm³/mol. The molecule has 8 nitrogen and oxygen atoms in total. The molecule has 0 amide bonds. The van der Waals surface area contributed by atoms with Crippen molar-refractivity contribution in [2.45, 2.75) is 174 Å². The van der Waals surface area contributed by atoms with Gasteiger partial charge in [-0.25, -0.2) is 0 Å². The summed E-state index contributed by atoms with van der Waals surface area (Å²) in [6.07, 6.45) is 64.1. The summed E-state index contributed by atoms with van der Waals surface area (Å²) in [7, 11) is 1.29. The number of phosphoric ester groups is 1. The molecule has 0 aliphatic rings. The third kappa shape index (κ3) is 50.0. The van der Waals surface area contributed by atoms with E-state index in [1.807, 2.05) is 21.1 Å². The molecule has 0 aliphatic carbocycles. The van der Waals surface area contributed by atoms with Crippen LogP contribution in [0.5, 0.6) is 0 Å². The van der Waals surface area contributed by atoms with E-state index in [4.69, 9.17) is 18.5 Å². The third-order valence-electron chi connectivity index (χ3n) is 9.81. The van der Waals surface area contributed by atoms with Gasteiger partial charge in [0.2, 0.25) is 0 Å². The van der Waals surface area contributed by atoms with E-state index >= 15 is 0 Å². The highest BCUT2D eigenvalue weighted by atomic mass is 31.2. The maximum Gasteiger partial charge on any atom is 0.306 e. The number of carbonyl (C=O) groups excluding carboxylic acids is 1. The molecule has 2 unspecified atom stereocenters. The summed E-state index contributed by atoms with van der Waals surface area (Å²) in [5, 5.41) is 0. The van der Waals surface area contributed by atoms with Crippen LogP contribution >= 0.6 is 7.82 Å². The Morgan fingerprint density at radius 1 is 0.508 bits per heavy atom. The lowest BCUT2D eigenvalue weighted by atomic mass is 10.1. The van der Waals surface area contributed by atoms with Crippen molar-refractivity contribution in [3.05, 3.63) is 109 Å². The minimum absolute atomic E-state index is 0.00573. The first-order valence-corrected chi connectivity index (χ1v) is 26.1. The number of unbranched alkanes of at least 4 members (excludes halogenated alkanes) is 12. The van der Waals surface area contributed by atoms with Crippen molar-refractivity contribution in [3.8, 4) is 0 Å². The fourth-order valence-electron chi connectivity index (χ4n) is 6.04. The number of hydrogen-bond donors (Lipinski definition) is 0. The van der Waals surface area contributed by atoms with Crippen LogP contribution in [0, 0.1) is 0 Å². The molecule has 0 saturated carbocycles. The van der Waals surface area contributed by atoms with E-state index in [1.165, 1.54) is 51.4 Å². The van der Waals surface area contributed by atoms with Crippen LogP contribution < -0.4 is 4.89 Å². The zero-order valence-corrected chi connectivity index (χ0v) is 41.6. The maximum atomic E-state index is 12.7. The average Bonchev–Trinajstić information content (AvgIpc) is 3.24. The quantitative estimate of drug-likeness (QED) is 0.0198. The molecule has 0 aromatic rings. The highest BCUT2D eigenvalue weighted by molar-refractivity contribution is 7.45. The van der Waals surface area contributed by atoms with Gasteiger partial charge in [-0.3, -0.25) is 9.36 Å². The lowest BCUT2D eigenvalue weighted by Gasteiger charge is -2.28. The number of quaternary nitrogens is 1. The Hall–Kier alpha value is -2.84. The van der Waals surface area contributed by atoms with Crippen molar-refractivity contribution in [1.82, 2.24) is 0 Å². The largest absolute Gasteiger partial charge is 0.756 e. The number of nitrogens with zero attached hydrogens (tertiary/aromatic N) is 1. The summed E-state index contributed by atoms with van der Waals surface area (Å²) in [5.74, 6) is -0.370. The van der Waals surface area contributed by atoms with Gasteiger partial charge in [0.15, 0.2) is 0 Å². The molecule has 0 fully saturated rings. The van der Waals surface area contributed by atoms with E-state index in [9.17, 15) is 14.3 Å². The van der Waals surface area contributed by atoms with Crippen molar-refractivity contribution in [2.24, 2.45) is 0 Å². The van der Waals surface area contributed by atoms with Crippen LogP contribution in [0.3, 0.4) is 0 Å². The van der Waals surface area contributed by atoms with Gasteiger partial charge in [-0.05, 0) is 96.3 Å². The van der Waals surface area contributed by atoms with E-state index in [-0.39, 0.29) is 32.2 Å². The molecule has 0 saturated heterocycles. The molecule has 63 heavy (non-hydrogen) atoms. The van der Waals surface area contributed by atoms with Crippen LogP contribution in [-0.4, -0.2) is 70.7 Å². The minimum Gasteiger partial charge on any atom is -0.756 e. The molecule has 0 aliphatic heterocycles. The molecule has 0 rings (SSSR count). The number of likely N-dealkylation sites (N-methyl/N-ethyl adjacent to an activating group) is 1. The van der Waals surface area contributed by atoms with Crippen molar-refractivity contribution < 1.29 is 37.3 Å². The van der Waals surface area contributed by atoms with Gasteiger partial charge in [0.1, 0.15) is 19.3 Å². The van der Waals surface area contributed by atoms with Gasteiger partial charge in [0, 0.05) is 13.0 Å². The molecule has 0 bridgehead atoms. The molecular weight excluding hydrogens is 806 g/mol. The van der Waals surface area contributed by atoms with Crippen LogP contribution in [0.15, 0.2) is 109 Å². The first-order valence-electron chi connectivity index (χ1n) is 24.6. The molecule has 0 heterocycles. The zero-order valence-electron chi connectivity index (χ0n) is 40.7. The van der Waals surface area contributed by atoms with Gasteiger partial charge < -0.3 is 27.9 Å². The summed E-state index contributed by atoms with van der Waals surface area (Å²) >= 11 is 0. The standard InChI is InChI=1S/C54H92NO7P/c1-6-8-10-12-14-16-18-20-22-24-26-28-29-31-33-35-37-39-41-43-45-47-54(56)62-53(52-61-63(57,58)60-50-48-55(3,4)5)51-59-49-46-44-42-40-38-36-34-32-30-27-25-23-21-19-17-15-13-11-9-7-2/h9,11,15,17-18,20-21,23-24,26-27,29-31,34,36,40,42,53H,6-8,10,12-14,16,19,22,25,28,32-33,35,37-39,41,43-52H2,1-5H3/b11-9-,17-15-,20-18-,23-21-,26-24-,30-27-,31-29-,36-34-,42-40-. The summed E-state index contributed by atoms with van der Waals surface area (Å²) < 4.78 is 34.6. The SMILES string of the molecule is CC/C=C\C/C=C\C/C=C\C/C=C\C/C=C\C/C=C\CCCOCC(COP(=O)([O-])OCC[N+](C)(C)C)OC(=O)CCCCCCCC/C=C\C/C=C\C/C=C\CCCCCCC. The lowest BCUT2D eigenvalue weighted by Crippen LogP contribution is -2.37. The van der Waals surface area contributed by atoms with E-state index in [1.54, 1.807) is 0 Å². The number of allylic oxidation sites excluding steroid dienone is 18. The molecule has 0 radical (unpaired) electrons. The normalized spacial score (nSPS) is 14.6. The Kier molecular flexibility index (Phi) is 43.7. The van der Waals surface area contributed by atoms with Crippen molar-refractivity contribution >= 4 is 13.8 Å². The van der Waals surface area contributed by atoms with Crippen LogP contribution in [0.25, 0.3) is 0 Å². The average molecular weight is 898 g/mol. The summed E-state index contributed by atoms with van der Waals surface area (Å²) in [5.41, 5.74) is 0. The van der Waals surface area contributed by atoms with E-state index in [0.29, 0.717) is 17.6 Å². The highest BCUT2D eigenvalue weighted by Gasteiger charge is 2.20. The zero-order chi connectivity index (χ0) is 46.2. The fraction of sp³-hybridized carbons (Fsp3) is 0.648. The Balaban J connectivity index is 4.34. The molecule has 360 valence electrons. The third-order valence-corrected chi connectivity index (χ3v) is 10.8. The van der Waals surface area contributed by atoms with Crippen molar-refractivity contribution in [3.63, 3.8) is 0 Å². The summed E-state index contributed by atoms with van der Waals surface area (Å²) in [6.45, 7) is 5.08. The molecule has 0 N–H and O–H groups in total. The van der Waals surface area contributed by atoms with E-state index in [0.717, 1.165) is 96.3 Å². The van der Waals surface area contributed by atoms with Crippen LogP contribution in [0.4, 0.5) is 0 Å². The van der Waals surface area contributed by atoms with Gasteiger partial charge >= 0.3 is 5.97 Å². The predicted octanol–water partition coefficient (Wildman–Crippen LogP) is 14.5. The summed E-state index contributed by atoms with van der Waals surface area (Å²) in [4.78, 5) is 25.1. The Morgan fingerprint density at radius 2 is 0.921 bits per heavy atom. The van der Waals surface area contributed by atoms with Gasteiger partial charge in [0.05, 0.1) is 34.4 Å². The number of phosphoric acid groups is 1. The Labute approximate surface area is 387 Å². The second-order valence-corrected chi connectivity index (χ2v) is 18.5. The Morgan fingerprint density at radius 3 is 1.38 bits per heavy atom. The number of ether oxygens (including phenoxy) is 2. The first kappa shape index (κ1) is 60.2.